The highest BCUT2D eigenvalue weighted by Crippen LogP contribution is 2.45. The lowest BCUT2D eigenvalue weighted by Gasteiger charge is -2.15. The molecule has 0 radical (unpaired) electrons. The predicted octanol–water partition coefficient (Wildman–Crippen LogP) is 6.67. The Morgan fingerprint density at radius 3 is 2.37 bits per heavy atom. The van der Waals surface area contributed by atoms with Crippen LogP contribution in [-0.4, -0.2) is 7.11 Å². The van der Waals surface area contributed by atoms with Crippen LogP contribution in [0, 0.1) is 5.82 Å². The van der Waals surface area contributed by atoms with Crippen LogP contribution >= 0.6 is 75.1 Å². The Morgan fingerprint density at radius 2 is 1.84 bits per heavy atom. The smallest absolute Gasteiger partial charge is 0.141 e. The van der Waals surface area contributed by atoms with E-state index in [4.69, 9.17) is 4.74 Å². The number of methoxy groups -OCH3 is 1. The molecule has 19 heavy (non-hydrogen) atoms. The fourth-order valence-corrected chi connectivity index (χ4v) is 6.05. The normalized spacial score (nSPS) is 12.5. The minimum atomic E-state index is -0.342. The number of hydrogen-bond donors (Lipinski definition) is 0. The van der Waals surface area contributed by atoms with E-state index < -0.39 is 0 Å². The third kappa shape index (κ3) is 3.43. The van der Waals surface area contributed by atoms with Crippen LogP contribution in [0.4, 0.5) is 4.39 Å². The van der Waals surface area contributed by atoms with Crippen molar-refractivity contribution in [2.24, 2.45) is 0 Å². The molecule has 0 aliphatic carbocycles. The fraction of sp³-hybridized carbons (Fsp3) is 0.167. The lowest BCUT2D eigenvalue weighted by atomic mass is 10.1. The number of benzene rings is 1. The van der Waals surface area contributed by atoms with Crippen LogP contribution in [0.2, 0.25) is 0 Å². The SMILES string of the molecule is COc1cc(F)c(Br)cc1C(Br)c1cc(Br)sc1Br. The van der Waals surface area contributed by atoms with Crippen LogP contribution in [0.1, 0.15) is 16.0 Å². The van der Waals surface area contributed by atoms with Gasteiger partial charge in [-0.05, 0) is 65.5 Å². The number of rotatable bonds is 3. The Bertz CT molecular complexity index is 614. The molecule has 0 bridgehead atoms. The standard InChI is InChI=1S/C12H7Br4FOS/c1-18-9-4-8(17)7(13)2-5(9)11(15)6-3-10(14)19-12(6)16/h2-4,11H,1H3. The van der Waals surface area contributed by atoms with Gasteiger partial charge < -0.3 is 4.74 Å². The van der Waals surface area contributed by atoms with Gasteiger partial charge in [-0.1, -0.05) is 15.9 Å². The maximum Gasteiger partial charge on any atom is 0.141 e. The van der Waals surface area contributed by atoms with Crippen LogP contribution < -0.4 is 4.74 Å². The first-order valence-corrected chi connectivity index (χ1v) is 9.17. The van der Waals surface area contributed by atoms with Crippen molar-refractivity contribution in [2.45, 2.75) is 4.83 Å². The number of ether oxygens (including phenoxy) is 1. The molecular formula is C12H7Br4FOS. The summed E-state index contributed by atoms with van der Waals surface area (Å²) in [6.45, 7) is 0. The molecule has 0 saturated carbocycles. The monoisotopic (exact) mass is 534 g/mol. The molecule has 1 nitrogen and oxygen atoms in total. The van der Waals surface area contributed by atoms with Crippen LogP contribution in [0.3, 0.4) is 0 Å². The van der Waals surface area contributed by atoms with Crippen molar-refractivity contribution in [2.75, 3.05) is 7.11 Å². The third-order valence-corrected chi connectivity index (χ3v) is 6.48. The topological polar surface area (TPSA) is 9.23 Å². The zero-order valence-corrected chi connectivity index (χ0v) is 16.7. The largest absolute Gasteiger partial charge is 0.496 e. The fourth-order valence-electron chi connectivity index (χ4n) is 1.61. The highest BCUT2D eigenvalue weighted by Gasteiger charge is 2.21. The molecule has 1 aromatic carbocycles. The summed E-state index contributed by atoms with van der Waals surface area (Å²) in [4.78, 5) is -0.0868. The minimum Gasteiger partial charge on any atom is -0.496 e. The Balaban J connectivity index is 2.52. The molecule has 1 heterocycles. The van der Waals surface area contributed by atoms with Crippen molar-refractivity contribution < 1.29 is 9.13 Å². The van der Waals surface area contributed by atoms with Gasteiger partial charge in [0.05, 0.1) is 24.0 Å². The highest BCUT2D eigenvalue weighted by molar-refractivity contribution is 9.12. The predicted molar refractivity (Wildman–Crippen MR) is 91.1 cm³/mol. The van der Waals surface area contributed by atoms with Crippen molar-refractivity contribution in [1.29, 1.82) is 0 Å². The second kappa shape index (κ2) is 6.56. The third-order valence-electron chi connectivity index (χ3n) is 2.50. The first-order valence-electron chi connectivity index (χ1n) is 5.05. The van der Waals surface area contributed by atoms with Gasteiger partial charge in [-0.25, -0.2) is 4.39 Å². The zero-order valence-electron chi connectivity index (χ0n) is 9.52. The van der Waals surface area contributed by atoms with Gasteiger partial charge in [0.2, 0.25) is 0 Å². The van der Waals surface area contributed by atoms with E-state index in [0.717, 1.165) is 18.7 Å². The molecular weight excluding hydrogens is 531 g/mol. The van der Waals surface area contributed by atoms with Gasteiger partial charge in [-0.3, -0.25) is 0 Å². The maximum atomic E-state index is 13.5. The van der Waals surface area contributed by atoms with Gasteiger partial charge in [0.1, 0.15) is 11.6 Å². The lowest BCUT2D eigenvalue weighted by molar-refractivity contribution is 0.406. The molecule has 1 aromatic heterocycles. The second-order valence-electron chi connectivity index (χ2n) is 3.65. The van der Waals surface area contributed by atoms with E-state index in [1.54, 1.807) is 17.4 Å². The number of thiophene rings is 1. The first-order chi connectivity index (χ1) is 8.93. The van der Waals surface area contributed by atoms with E-state index in [1.807, 2.05) is 6.07 Å². The van der Waals surface area contributed by atoms with E-state index >= 15 is 0 Å². The van der Waals surface area contributed by atoms with Gasteiger partial charge in [-0.2, -0.15) is 0 Å². The summed E-state index contributed by atoms with van der Waals surface area (Å²) in [5.41, 5.74) is 1.93. The Labute approximate surface area is 148 Å². The van der Waals surface area contributed by atoms with Gasteiger partial charge in [0.25, 0.3) is 0 Å². The van der Waals surface area contributed by atoms with Crippen molar-refractivity contribution >= 4 is 75.1 Å². The van der Waals surface area contributed by atoms with Gasteiger partial charge in [-0.15, -0.1) is 11.3 Å². The molecule has 7 heteroatoms. The molecule has 0 aliphatic rings. The number of halogens is 5. The van der Waals surface area contributed by atoms with Crippen LogP contribution in [-0.2, 0) is 0 Å². The number of alkyl halides is 1. The summed E-state index contributed by atoms with van der Waals surface area (Å²) < 4.78 is 21.3. The summed E-state index contributed by atoms with van der Waals surface area (Å²) in [5, 5.41) is 0. The summed E-state index contributed by atoms with van der Waals surface area (Å²) in [5.74, 6) is 0.169. The summed E-state index contributed by atoms with van der Waals surface area (Å²) >= 11 is 15.4. The average molecular weight is 538 g/mol. The summed E-state index contributed by atoms with van der Waals surface area (Å²) in [7, 11) is 1.53. The zero-order chi connectivity index (χ0) is 14.2. The van der Waals surface area contributed by atoms with E-state index in [0.29, 0.717) is 10.2 Å². The molecule has 0 fully saturated rings. The van der Waals surface area contributed by atoms with Gasteiger partial charge in [0.15, 0.2) is 0 Å². The van der Waals surface area contributed by atoms with Crippen LogP contribution in [0.5, 0.6) is 5.75 Å². The highest BCUT2D eigenvalue weighted by atomic mass is 79.9. The molecule has 0 saturated heterocycles. The second-order valence-corrected chi connectivity index (χ2v) is 9.17. The summed E-state index contributed by atoms with van der Waals surface area (Å²) in [6.07, 6.45) is 0. The molecule has 0 spiro atoms. The molecule has 2 rings (SSSR count). The van der Waals surface area contributed by atoms with Crippen LogP contribution in [0.25, 0.3) is 0 Å². The minimum absolute atomic E-state index is 0.0868. The van der Waals surface area contributed by atoms with Crippen molar-refractivity contribution in [3.63, 3.8) is 0 Å². The molecule has 102 valence electrons. The summed E-state index contributed by atoms with van der Waals surface area (Å²) in [6, 6.07) is 5.12. The van der Waals surface area contributed by atoms with E-state index in [-0.39, 0.29) is 10.6 Å². The Morgan fingerprint density at radius 1 is 1.16 bits per heavy atom. The van der Waals surface area contributed by atoms with Gasteiger partial charge in [0, 0.05) is 11.6 Å². The molecule has 2 aromatic rings. The Kier molecular flexibility index (Phi) is 5.50. The molecule has 1 unspecified atom stereocenters. The maximum absolute atomic E-state index is 13.5. The van der Waals surface area contributed by atoms with E-state index in [1.165, 1.54) is 13.2 Å². The molecule has 0 N–H and O–H groups in total. The quantitative estimate of drug-likeness (QED) is 0.398. The van der Waals surface area contributed by atoms with Crippen LogP contribution in [0.15, 0.2) is 30.2 Å². The first kappa shape index (κ1) is 15.9. The molecule has 0 aliphatic heterocycles. The van der Waals surface area contributed by atoms with Crippen molar-refractivity contribution in [1.82, 2.24) is 0 Å². The average Bonchev–Trinajstić information content (AvgIpc) is 2.70. The molecule has 1 atom stereocenters. The van der Waals surface area contributed by atoms with Crippen molar-refractivity contribution in [3.8, 4) is 5.75 Å². The molecule has 0 amide bonds. The van der Waals surface area contributed by atoms with Gasteiger partial charge >= 0.3 is 0 Å². The lowest BCUT2D eigenvalue weighted by Crippen LogP contribution is -1.98. The van der Waals surface area contributed by atoms with E-state index in [9.17, 15) is 4.39 Å². The van der Waals surface area contributed by atoms with E-state index in [2.05, 4.69) is 63.7 Å². The Hall–Kier alpha value is 0.570. The van der Waals surface area contributed by atoms with Crippen molar-refractivity contribution in [3.05, 3.63) is 47.2 Å². The number of hydrogen-bond acceptors (Lipinski definition) is 2.